The lowest BCUT2D eigenvalue weighted by atomic mass is 10.1. The Morgan fingerprint density at radius 2 is 1.89 bits per heavy atom. The second-order valence-electron chi connectivity index (χ2n) is 4.37. The minimum Gasteiger partial charge on any atom is -0.206 e. The van der Waals surface area contributed by atoms with E-state index in [-0.39, 0.29) is 6.04 Å². The first-order chi connectivity index (χ1) is 9.03. The fourth-order valence-corrected chi connectivity index (χ4v) is 4.06. The van der Waals surface area contributed by atoms with Gasteiger partial charge in [-0.1, -0.05) is 37.3 Å². The molecule has 1 heterocycles. The van der Waals surface area contributed by atoms with Gasteiger partial charge in [-0.3, -0.25) is 0 Å². The fraction of sp³-hybridized carbons (Fsp3) is 0.286. The van der Waals surface area contributed by atoms with Crippen molar-refractivity contribution in [3.8, 4) is 0 Å². The molecule has 0 unspecified atom stereocenters. The molecule has 0 aliphatic carbocycles. The number of rotatable bonds is 5. The smallest absolute Gasteiger partial charge is 0.206 e. The number of hydrogen-bond acceptors (Lipinski definition) is 3. The first kappa shape index (κ1) is 14.2. The summed E-state index contributed by atoms with van der Waals surface area (Å²) in [4.78, 5) is 0. The molecule has 0 bridgehead atoms. The molecule has 2 aromatic rings. The van der Waals surface area contributed by atoms with E-state index in [2.05, 4.69) is 11.6 Å². The molecule has 0 fully saturated rings. The lowest BCUT2D eigenvalue weighted by Crippen LogP contribution is -2.26. The minimum absolute atomic E-state index is 0.238. The normalized spacial score (nSPS) is 13.4. The number of benzene rings is 1. The van der Waals surface area contributed by atoms with Gasteiger partial charge in [-0.25, -0.2) is 13.1 Å². The highest BCUT2D eigenvalue weighted by Crippen LogP contribution is 2.20. The Morgan fingerprint density at radius 1 is 1.21 bits per heavy atom. The van der Waals surface area contributed by atoms with Gasteiger partial charge < -0.3 is 0 Å². The summed E-state index contributed by atoms with van der Waals surface area (Å²) in [5.41, 5.74) is 2.22. The van der Waals surface area contributed by atoms with Crippen LogP contribution in [0.1, 0.15) is 31.0 Å². The molecular formula is C14H17NO2S2. The third-order valence-corrected chi connectivity index (χ3v) is 5.92. The number of nitrogens with one attached hydrogen (secondary N) is 1. The summed E-state index contributed by atoms with van der Waals surface area (Å²) < 4.78 is 27.2. The highest BCUT2D eigenvalue weighted by molar-refractivity contribution is 7.91. The molecule has 5 heteroatoms. The largest absolute Gasteiger partial charge is 0.250 e. The molecule has 3 nitrogen and oxygen atoms in total. The molecule has 1 aromatic heterocycles. The molecule has 0 saturated carbocycles. The van der Waals surface area contributed by atoms with E-state index in [9.17, 15) is 8.42 Å². The predicted octanol–water partition coefficient (Wildman–Crippen LogP) is 3.35. The van der Waals surface area contributed by atoms with Gasteiger partial charge in [0.15, 0.2) is 0 Å². The average molecular weight is 295 g/mol. The van der Waals surface area contributed by atoms with Gasteiger partial charge in [-0.2, -0.15) is 0 Å². The molecule has 2 rings (SSSR count). The number of aryl methyl sites for hydroxylation is 1. The molecule has 0 spiro atoms. The third kappa shape index (κ3) is 3.43. The van der Waals surface area contributed by atoms with Crippen molar-refractivity contribution in [1.82, 2.24) is 4.72 Å². The summed E-state index contributed by atoms with van der Waals surface area (Å²) in [6, 6.07) is 11.1. The van der Waals surface area contributed by atoms with Crippen LogP contribution in [0.15, 0.2) is 46.0 Å². The third-order valence-electron chi connectivity index (χ3n) is 2.98. The van der Waals surface area contributed by atoms with E-state index >= 15 is 0 Å². The van der Waals surface area contributed by atoms with Crippen LogP contribution in [-0.4, -0.2) is 8.42 Å². The lowest BCUT2D eigenvalue weighted by Gasteiger charge is -2.14. The van der Waals surface area contributed by atoms with Crippen LogP contribution in [0, 0.1) is 0 Å². The summed E-state index contributed by atoms with van der Waals surface area (Å²) in [5.74, 6) is 0. The van der Waals surface area contributed by atoms with E-state index in [1.54, 1.807) is 17.5 Å². The number of hydrogen-bond donors (Lipinski definition) is 1. The van der Waals surface area contributed by atoms with Gasteiger partial charge in [0.25, 0.3) is 10.0 Å². The zero-order chi connectivity index (χ0) is 13.9. The second-order valence-corrected chi connectivity index (χ2v) is 7.26. The molecule has 102 valence electrons. The summed E-state index contributed by atoms with van der Waals surface area (Å²) in [7, 11) is -3.41. The van der Waals surface area contributed by atoms with Crippen LogP contribution in [-0.2, 0) is 16.4 Å². The summed E-state index contributed by atoms with van der Waals surface area (Å²) >= 11 is 1.22. The maximum atomic E-state index is 12.1. The van der Waals surface area contributed by atoms with Crippen molar-refractivity contribution in [3.05, 3.63) is 52.9 Å². The van der Waals surface area contributed by atoms with Gasteiger partial charge in [0, 0.05) is 6.04 Å². The number of sulfonamides is 1. The van der Waals surface area contributed by atoms with E-state index in [0.717, 1.165) is 12.0 Å². The first-order valence-electron chi connectivity index (χ1n) is 6.17. The fourth-order valence-electron chi connectivity index (χ4n) is 1.82. The summed E-state index contributed by atoms with van der Waals surface area (Å²) in [6.45, 7) is 3.95. The highest BCUT2D eigenvalue weighted by Gasteiger charge is 2.18. The van der Waals surface area contributed by atoms with Crippen LogP contribution in [0.3, 0.4) is 0 Å². The van der Waals surface area contributed by atoms with Gasteiger partial charge in [-0.05, 0) is 35.9 Å². The Hall–Kier alpha value is -1.17. The van der Waals surface area contributed by atoms with E-state index in [4.69, 9.17) is 0 Å². The average Bonchev–Trinajstić information content (AvgIpc) is 2.93. The maximum absolute atomic E-state index is 12.1. The quantitative estimate of drug-likeness (QED) is 0.919. The molecule has 0 saturated heterocycles. The predicted molar refractivity (Wildman–Crippen MR) is 78.9 cm³/mol. The van der Waals surface area contributed by atoms with Crippen LogP contribution in [0.4, 0.5) is 0 Å². The molecule has 1 N–H and O–H groups in total. The van der Waals surface area contributed by atoms with Crippen molar-refractivity contribution < 1.29 is 8.42 Å². The van der Waals surface area contributed by atoms with Gasteiger partial charge >= 0.3 is 0 Å². The van der Waals surface area contributed by atoms with Gasteiger partial charge in [0.2, 0.25) is 0 Å². The highest BCUT2D eigenvalue weighted by atomic mass is 32.2. The van der Waals surface area contributed by atoms with E-state index in [1.165, 1.54) is 16.9 Å². The molecule has 1 atom stereocenters. The molecule has 0 aliphatic heterocycles. The van der Waals surface area contributed by atoms with Crippen molar-refractivity contribution in [1.29, 1.82) is 0 Å². The van der Waals surface area contributed by atoms with E-state index in [1.807, 2.05) is 31.2 Å². The maximum Gasteiger partial charge on any atom is 0.250 e. The monoisotopic (exact) mass is 295 g/mol. The van der Waals surface area contributed by atoms with Crippen molar-refractivity contribution in [3.63, 3.8) is 0 Å². The molecule has 0 amide bonds. The van der Waals surface area contributed by atoms with Crippen molar-refractivity contribution in [2.24, 2.45) is 0 Å². The standard InChI is InChI=1S/C14H17NO2S2/c1-3-12-6-8-13(9-7-12)11(2)15-19(16,17)14-5-4-10-18-14/h4-11,15H,3H2,1-2H3/t11-/m1/s1. The van der Waals surface area contributed by atoms with Crippen molar-refractivity contribution in [2.75, 3.05) is 0 Å². The Balaban J connectivity index is 2.14. The number of thiophene rings is 1. The Kier molecular flexibility index (Phi) is 4.39. The summed E-state index contributed by atoms with van der Waals surface area (Å²) in [5, 5.41) is 1.76. The topological polar surface area (TPSA) is 46.2 Å². The van der Waals surface area contributed by atoms with Crippen LogP contribution < -0.4 is 4.72 Å². The van der Waals surface area contributed by atoms with Crippen LogP contribution in [0.5, 0.6) is 0 Å². The van der Waals surface area contributed by atoms with Crippen LogP contribution >= 0.6 is 11.3 Å². The van der Waals surface area contributed by atoms with Crippen molar-refractivity contribution >= 4 is 21.4 Å². The van der Waals surface area contributed by atoms with Gasteiger partial charge in [-0.15, -0.1) is 11.3 Å². The lowest BCUT2D eigenvalue weighted by molar-refractivity contribution is 0.569. The molecular weight excluding hydrogens is 278 g/mol. The summed E-state index contributed by atoms with van der Waals surface area (Å²) in [6.07, 6.45) is 0.982. The Bertz CT molecular complexity index is 616. The van der Waals surface area contributed by atoms with Gasteiger partial charge in [0.1, 0.15) is 4.21 Å². The van der Waals surface area contributed by atoms with E-state index < -0.39 is 10.0 Å². The van der Waals surface area contributed by atoms with Gasteiger partial charge in [0.05, 0.1) is 0 Å². The zero-order valence-electron chi connectivity index (χ0n) is 11.0. The Morgan fingerprint density at radius 3 is 2.42 bits per heavy atom. The molecule has 0 aliphatic rings. The molecule has 0 radical (unpaired) electrons. The van der Waals surface area contributed by atoms with Crippen LogP contribution in [0.2, 0.25) is 0 Å². The zero-order valence-corrected chi connectivity index (χ0v) is 12.6. The second kappa shape index (κ2) is 5.86. The molecule has 1 aromatic carbocycles. The van der Waals surface area contributed by atoms with Crippen LogP contribution in [0.25, 0.3) is 0 Å². The first-order valence-corrected chi connectivity index (χ1v) is 8.54. The molecule has 19 heavy (non-hydrogen) atoms. The SMILES string of the molecule is CCc1ccc([C@@H](C)NS(=O)(=O)c2cccs2)cc1. The Labute approximate surface area is 118 Å². The van der Waals surface area contributed by atoms with Crippen molar-refractivity contribution in [2.45, 2.75) is 30.5 Å². The van der Waals surface area contributed by atoms with E-state index in [0.29, 0.717) is 4.21 Å². The minimum atomic E-state index is -3.41.